The maximum atomic E-state index is 5.45. The van der Waals surface area contributed by atoms with E-state index >= 15 is 0 Å². The van der Waals surface area contributed by atoms with Gasteiger partial charge in [0.25, 0.3) is 0 Å². The number of pyridine rings is 1. The molecule has 0 radical (unpaired) electrons. The van der Waals surface area contributed by atoms with Gasteiger partial charge in [0, 0.05) is 16.5 Å². The topological polar surface area (TPSA) is 12.9 Å². The van der Waals surface area contributed by atoms with Crippen molar-refractivity contribution in [2.24, 2.45) is 0 Å². The van der Waals surface area contributed by atoms with Crippen LogP contribution in [0.15, 0.2) is 164 Å². The highest BCUT2D eigenvalue weighted by Gasteiger charge is 2.36. The molecular formula is C48H33N. The summed E-state index contributed by atoms with van der Waals surface area (Å²) in [4.78, 5) is 5.45. The van der Waals surface area contributed by atoms with Crippen LogP contribution in [-0.2, 0) is 5.41 Å². The number of benzene rings is 8. The Kier molecular flexibility index (Phi) is 5.99. The minimum absolute atomic E-state index is 0.0848. The van der Waals surface area contributed by atoms with Crippen molar-refractivity contribution in [1.29, 1.82) is 0 Å². The predicted molar refractivity (Wildman–Crippen MR) is 208 cm³/mol. The van der Waals surface area contributed by atoms with E-state index in [2.05, 4.69) is 178 Å². The fraction of sp³-hybridized carbons (Fsp3) is 0.0625. The van der Waals surface area contributed by atoms with Gasteiger partial charge in [-0.25, -0.2) is 4.98 Å². The summed E-state index contributed by atoms with van der Waals surface area (Å²) in [6, 6.07) is 60.2. The third-order valence-corrected chi connectivity index (χ3v) is 10.8. The summed E-state index contributed by atoms with van der Waals surface area (Å²) in [6.45, 7) is 4.63. The molecule has 0 saturated heterocycles. The third-order valence-electron chi connectivity index (χ3n) is 10.8. The van der Waals surface area contributed by atoms with Gasteiger partial charge in [0.05, 0.1) is 11.4 Å². The van der Waals surface area contributed by atoms with Crippen LogP contribution in [0.4, 0.5) is 0 Å². The van der Waals surface area contributed by atoms with Crippen LogP contribution < -0.4 is 0 Å². The van der Waals surface area contributed by atoms with Crippen LogP contribution >= 0.6 is 0 Å². The number of fused-ring (bicyclic) bond motifs is 9. The Labute approximate surface area is 286 Å². The van der Waals surface area contributed by atoms with Crippen molar-refractivity contribution < 1.29 is 0 Å². The summed E-state index contributed by atoms with van der Waals surface area (Å²) in [5.74, 6) is 0. The number of nitrogens with zero attached hydrogens (tertiary/aromatic N) is 1. The van der Waals surface area contributed by atoms with Gasteiger partial charge in [0.2, 0.25) is 0 Å². The van der Waals surface area contributed by atoms with Crippen molar-refractivity contribution in [2.75, 3.05) is 0 Å². The lowest BCUT2D eigenvalue weighted by Crippen LogP contribution is -2.14. The third kappa shape index (κ3) is 4.22. The summed E-state index contributed by atoms with van der Waals surface area (Å²) in [7, 11) is 0. The highest BCUT2D eigenvalue weighted by molar-refractivity contribution is 6.16. The van der Waals surface area contributed by atoms with Gasteiger partial charge in [-0.05, 0) is 113 Å². The molecule has 0 aliphatic heterocycles. The molecule has 0 N–H and O–H groups in total. The molecule has 10 rings (SSSR count). The molecule has 0 amide bonds. The SMILES string of the molecule is CC1(C)c2ccccc2-c2nc(-c3cc(-c4cc5ccccc5c5ccccc45)cc(-c4cc5ccccc5c5ccccc45)c3)ccc21. The standard InChI is InChI=1S/C48H33N/c1-48(2)44-22-12-11-21-41(44)47-45(48)23-24-46(49-47)34-26-32(42-28-30-13-3-5-15-35(30)37-17-7-9-19-39(37)42)25-33(27-34)43-29-31-14-4-6-16-36(31)38-18-8-10-20-40(38)43/h3-29H,1-2H3. The zero-order valence-electron chi connectivity index (χ0n) is 27.5. The zero-order chi connectivity index (χ0) is 32.7. The first-order valence-electron chi connectivity index (χ1n) is 17.1. The quantitative estimate of drug-likeness (QED) is 0.178. The molecule has 1 nitrogen and oxygen atoms in total. The van der Waals surface area contributed by atoms with Gasteiger partial charge in [0.1, 0.15) is 0 Å². The van der Waals surface area contributed by atoms with Gasteiger partial charge < -0.3 is 0 Å². The summed E-state index contributed by atoms with van der Waals surface area (Å²) in [6.07, 6.45) is 0. The van der Waals surface area contributed by atoms with E-state index in [9.17, 15) is 0 Å². The molecule has 1 heteroatoms. The molecule has 1 aliphatic carbocycles. The van der Waals surface area contributed by atoms with E-state index in [1.807, 2.05) is 0 Å². The first-order chi connectivity index (χ1) is 24.0. The molecular weight excluding hydrogens is 591 g/mol. The molecule has 0 fully saturated rings. The number of rotatable bonds is 3. The van der Waals surface area contributed by atoms with Gasteiger partial charge >= 0.3 is 0 Å². The minimum atomic E-state index is -0.0848. The number of hydrogen-bond donors (Lipinski definition) is 0. The normalized spacial score (nSPS) is 13.3. The Morgan fingerprint density at radius 1 is 0.367 bits per heavy atom. The van der Waals surface area contributed by atoms with E-state index in [1.165, 1.54) is 82.0 Å². The van der Waals surface area contributed by atoms with Gasteiger partial charge in [-0.3, -0.25) is 0 Å². The lowest BCUT2D eigenvalue weighted by atomic mass is 9.83. The monoisotopic (exact) mass is 623 g/mol. The number of hydrogen-bond acceptors (Lipinski definition) is 1. The molecule has 1 heterocycles. The van der Waals surface area contributed by atoms with Crippen LogP contribution in [0.25, 0.3) is 87.9 Å². The van der Waals surface area contributed by atoms with E-state index in [0.29, 0.717) is 0 Å². The molecule has 0 unspecified atom stereocenters. The lowest BCUT2D eigenvalue weighted by molar-refractivity contribution is 0.659. The van der Waals surface area contributed by atoms with Crippen molar-refractivity contribution in [3.8, 4) is 44.8 Å². The fourth-order valence-electron chi connectivity index (χ4n) is 8.38. The van der Waals surface area contributed by atoms with E-state index in [0.717, 1.165) is 17.0 Å². The van der Waals surface area contributed by atoms with Crippen LogP contribution in [0.5, 0.6) is 0 Å². The lowest BCUT2D eigenvalue weighted by Gasteiger charge is -2.21. The van der Waals surface area contributed by atoms with Crippen LogP contribution in [0.1, 0.15) is 25.0 Å². The van der Waals surface area contributed by atoms with Crippen LogP contribution in [0, 0.1) is 0 Å². The Bertz CT molecular complexity index is 2660. The molecule has 0 spiro atoms. The molecule has 8 aromatic carbocycles. The maximum absolute atomic E-state index is 5.45. The van der Waals surface area contributed by atoms with Gasteiger partial charge in [-0.1, -0.05) is 141 Å². The highest BCUT2D eigenvalue weighted by Crippen LogP contribution is 2.49. The Morgan fingerprint density at radius 2 is 0.837 bits per heavy atom. The molecule has 0 atom stereocenters. The van der Waals surface area contributed by atoms with E-state index < -0.39 is 0 Å². The van der Waals surface area contributed by atoms with Crippen molar-refractivity contribution >= 4 is 43.1 Å². The van der Waals surface area contributed by atoms with Crippen molar-refractivity contribution in [3.05, 3.63) is 175 Å². The zero-order valence-corrected chi connectivity index (χ0v) is 27.5. The first-order valence-corrected chi connectivity index (χ1v) is 17.1. The van der Waals surface area contributed by atoms with Crippen LogP contribution in [-0.4, -0.2) is 4.98 Å². The number of aromatic nitrogens is 1. The smallest absolute Gasteiger partial charge is 0.0753 e. The van der Waals surface area contributed by atoms with E-state index in [4.69, 9.17) is 4.98 Å². The van der Waals surface area contributed by atoms with Crippen molar-refractivity contribution in [2.45, 2.75) is 19.3 Å². The average molecular weight is 624 g/mol. The molecule has 9 aromatic rings. The second-order valence-corrected chi connectivity index (χ2v) is 13.9. The molecule has 1 aromatic heterocycles. The van der Waals surface area contributed by atoms with Gasteiger partial charge in [-0.15, -0.1) is 0 Å². The Morgan fingerprint density at radius 3 is 1.43 bits per heavy atom. The molecule has 0 bridgehead atoms. The maximum Gasteiger partial charge on any atom is 0.0753 e. The Hall–Kier alpha value is -6.05. The Balaban J connectivity index is 1.28. The molecule has 1 aliphatic rings. The largest absolute Gasteiger partial charge is 0.247 e. The van der Waals surface area contributed by atoms with Gasteiger partial charge in [-0.2, -0.15) is 0 Å². The fourth-order valence-corrected chi connectivity index (χ4v) is 8.38. The van der Waals surface area contributed by atoms with E-state index in [1.54, 1.807) is 0 Å². The summed E-state index contributed by atoms with van der Waals surface area (Å²) in [5, 5.41) is 10.1. The highest BCUT2D eigenvalue weighted by atomic mass is 14.7. The summed E-state index contributed by atoms with van der Waals surface area (Å²) >= 11 is 0. The molecule has 230 valence electrons. The summed E-state index contributed by atoms with van der Waals surface area (Å²) < 4.78 is 0. The van der Waals surface area contributed by atoms with Crippen LogP contribution in [0.2, 0.25) is 0 Å². The first kappa shape index (κ1) is 28.0. The minimum Gasteiger partial charge on any atom is -0.247 e. The summed E-state index contributed by atoms with van der Waals surface area (Å²) in [5.41, 5.74) is 11.8. The van der Waals surface area contributed by atoms with E-state index in [-0.39, 0.29) is 5.41 Å². The molecule has 0 saturated carbocycles. The van der Waals surface area contributed by atoms with Crippen molar-refractivity contribution in [1.82, 2.24) is 4.98 Å². The predicted octanol–water partition coefficient (Wildman–Crippen LogP) is 13.0. The van der Waals surface area contributed by atoms with Crippen LogP contribution in [0.3, 0.4) is 0 Å². The molecule has 49 heavy (non-hydrogen) atoms. The van der Waals surface area contributed by atoms with Crippen molar-refractivity contribution in [3.63, 3.8) is 0 Å². The average Bonchev–Trinajstić information content (AvgIpc) is 3.39. The second kappa shape index (κ2) is 10.5. The second-order valence-electron chi connectivity index (χ2n) is 13.9. The van der Waals surface area contributed by atoms with Gasteiger partial charge in [0.15, 0.2) is 0 Å².